The number of amides is 1. The van der Waals surface area contributed by atoms with E-state index in [1.807, 2.05) is 13.8 Å². The van der Waals surface area contributed by atoms with Crippen molar-refractivity contribution in [2.75, 3.05) is 18.8 Å². The van der Waals surface area contributed by atoms with Gasteiger partial charge in [-0.05, 0) is 0 Å². The highest BCUT2D eigenvalue weighted by Crippen LogP contribution is 2.05. The third-order valence-corrected chi connectivity index (χ3v) is 3.18. The third-order valence-electron chi connectivity index (χ3n) is 2.38. The Hall–Kier alpha value is -0.840. The molecule has 0 fully saturated rings. The van der Waals surface area contributed by atoms with Gasteiger partial charge in [0.15, 0.2) is 5.12 Å². The summed E-state index contributed by atoms with van der Waals surface area (Å²) in [5, 5.41) is 0.0479. The van der Waals surface area contributed by atoms with Crippen LogP contribution < -0.4 is 0 Å². The van der Waals surface area contributed by atoms with Crippen LogP contribution in [0.25, 0.3) is 0 Å². The van der Waals surface area contributed by atoms with Crippen molar-refractivity contribution >= 4 is 28.6 Å². The first-order valence-corrected chi connectivity index (χ1v) is 6.74. The van der Waals surface area contributed by atoms with Gasteiger partial charge in [-0.25, -0.2) is 0 Å². The molecule has 1 amide bonds. The molecule has 0 aromatic heterocycles. The minimum Gasteiger partial charge on any atom is -0.342 e. The molecular weight excluding hydrogens is 238 g/mol. The van der Waals surface area contributed by atoms with Gasteiger partial charge >= 0.3 is 0 Å². The van der Waals surface area contributed by atoms with Gasteiger partial charge in [0, 0.05) is 45.0 Å². The monoisotopic (exact) mass is 259 g/mol. The molecule has 0 aromatic rings. The van der Waals surface area contributed by atoms with Crippen molar-refractivity contribution in [2.45, 2.75) is 34.1 Å². The molecule has 0 radical (unpaired) electrons. The van der Waals surface area contributed by atoms with Crippen LogP contribution >= 0.6 is 11.8 Å². The Kier molecular flexibility index (Phi) is 7.87. The second-order valence-electron chi connectivity index (χ2n) is 4.22. The van der Waals surface area contributed by atoms with E-state index < -0.39 is 0 Å². The van der Waals surface area contributed by atoms with Crippen LogP contribution in [0.15, 0.2) is 0 Å². The maximum Gasteiger partial charge on any atom is 0.219 e. The van der Waals surface area contributed by atoms with E-state index in [9.17, 15) is 14.4 Å². The van der Waals surface area contributed by atoms with Crippen molar-refractivity contribution in [3.8, 4) is 0 Å². The van der Waals surface area contributed by atoms with Gasteiger partial charge in [-0.3, -0.25) is 14.4 Å². The van der Waals surface area contributed by atoms with Crippen LogP contribution in [0.4, 0.5) is 0 Å². The number of nitrogens with zero attached hydrogens (tertiary/aromatic N) is 1. The average molecular weight is 259 g/mol. The third kappa shape index (κ3) is 7.96. The standard InChI is InChI=1S/C12H21NO3S/c1-9(2)12(16)5-6-13(10(3)14)7-8-17-11(4)15/h9H,5-8H2,1-4H3. The molecule has 0 spiro atoms. The Balaban J connectivity index is 4.03. The summed E-state index contributed by atoms with van der Waals surface area (Å²) in [6, 6.07) is 0. The van der Waals surface area contributed by atoms with Gasteiger partial charge in [0.1, 0.15) is 5.78 Å². The minimum atomic E-state index is -0.0503. The lowest BCUT2D eigenvalue weighted by atomic mass is 10.1. The number of Topliss-reactive ketones (excluding diaryl/α,β-unsaturated/α-hetero) is 1. The van der Waals surface area contributed by atoms with Gasteiger partial charge in [0.25, 0.3) is 0 Å². The molecule has 4 nitrogen and oxygen atoms in total. The molecule has 0 saturated carbocycles. The molecule has 0 heterocycles. The SMILES string of the molecule is CC(=O)SCCN(CCC(=O)C(C)C)C(C)=O. The van der Waals surface area contributed by atoms with E-state index in [1.54, 1.807) is 4.90 Å². The number of thioether (sulfide) groups is 1. The van der Waals surface area contributed by atoms with Crippen molar-refractivity contribution < 1.29 is 14.4 Å². The van der Waals surface area contributed by atoms with Gasteiger partial charge in [-0.15, -0.1) is 0 Å². The van der Waals surface area contributed by atoms with Gasteiger partial charge in [0.05, 0.1) is 0 Å². The molecule has 98 valence electrons. The number of hydrogen-bond acceptors (Lipinski definition) is 4. The summed E-state index contributed by atoms with van der Waals surface area (Å²) >= 11 is 1.20. The number of carbonyl (C=O) groups excluding carboxylic acids is 3. The highest BCUT2D eigenvalue weighted by molar-refractivity contribution is 8.13. The molecule has 0 saturated heterocycles. The first kappa shape index (κ1) is 16.2. The van der Waals surface area contributed by atoms with Crippen molar-refractivity contribution in [3.63, 3.8) is 0 Å². The fourth-order valence-corrected chi connectivity index (χ4v) is 1.86. The quantitative estimate of drug-likeness (QED) is 0.698. The first-order valence-electron chi connectivity index (χ1n) is 5.76. The van der Waals surface area contributed by atoms with Gasteiger partial charge in [-0.2, -0.15) is 0 Å². The highest BCUT2D eigenvalue weighted by Gasteiger charge is 2.13. The number of hydrogen-bond donors (Lipinski definition) is 0. The van der Waals surface area contributed by atoms with E-state index in [2.05, 4.69) is 0 Å². The molecule has 0 atom stereocenters. The van der Waals surface area contributed by atoms with Crippen molar-refractivity contribution in [2.24, 2.45) is 5.92 Å². The zero-order chi connectivity index (χ0) is 13.4. The summed E-state index contributed by atoms with van der Waals surface area (Å²) in [6.45, 7) is 7.66. The van der Waals surface area contributed by atoms with E-state index >= 15 is 0 Å². The molecule has 0 aromatic carbocycles. The lowest BCUT2D eigenvalue weighted by Crippen LogP contribution is -2.33. The van der Waals surface area contributed by atoms with E-state index in [4.69, 9.17) is 0 Å². The second kappa shape index (κ2) is 8.28. The smallest absolute Gasteiger partial charge is 0.219 e. The van der Waals surface area contributed by atoms with E-state index in [0.29, 0.717) is 25.3 Å². The Bertz CT molecular complexity index is 289. The van der Waals surface area contributed by atoms with Gasteiger partial charge in [-0.1, -0.05) is 25.6 Å². The summed E-state index contributed by atoms with van der Waals surface area (Å²) < 4.78 is 0. The zero-order valence-corrected chi connectivity index (χ0v) is 11.8. The largest absolute Gasteiger partial charge is 0.342 e. The lowest BCUT2D eigenvalue weighted by molar-refractivity contribution is -0.129. The second-order valence-corrected chi connectivity index (χ2v) is 5.49. The molecule has 0 N–H and O–H groups in total. The number of rotatable bonds is 7. The number of ketones is 1. The normalized spacial score (nSPS) is 10.4. The van der Waals surface area contributed by atoms with Gasteiger partial charge in [0.2, 0.25) is 5.91 Å². The molecular formula is C12H21NO3S. The lowest BCUT2D eigenvalue weighted by Gasteiger charge is -2.20. The zero-order valence-electron chi connectivity index (χ0n) is 11.0. The fourth-order valence-electron chi connectivity index (χ4n) is 1.26. The molecule has 0 rings (SSSR count). The van der Waals surface area contributed by atoms with Crippen LogP contribution in [-0.4, -0.2) is 40.5 Å². The molecule has 0 aliphatic carbocycles. The molecule has 0 aliphatic heterocycles. The Morgan fingerprint density at radius 2 is 1.71 bits per heavy atom. The van der Waals surface area contributed by atoms with Crippen LogP contribution in [0.1, 0.15) is 34.1 Å². The minimum absolute atomic E-state index is 0.00963. The summed E-state index contributed by atoms with van der Waals surface area (Å²) in [6.07, 6.45) is 0.391. The van der Waals surface area contributed by atoms with E-state index in [1.165, 1.54) is 25.6 Å². The van der Waals surface area contributed by atoms with Crippen LogP contribution in [0.3, 0.4) is 0 Å². The van der Waals surface area contributed by atoms with Crippen LogP contribution in [0, 0.1) is 5.92 Å². The summed E-state index contributed by atoms with van der Waals surface area (Å²) in [5.41, 5.74) is 0. The Labute approximate surface area is 107 Å². The van der Waals surface area contributed by atoms with Crippen LogP contribution in [0.5, 0.6) is 0 Å². The highest BCUT2D eigenvalue weighted by atomic mass is 32.2. The van der Waals surface area contributed by atoms with Crippen molar-refractivity contribution in [3.05, 3.63) is 0 Å². The fraction of sp³-hybridized carbons (Fsp3) is 0.750. The summed E-state index contributed by atoms with van der Waals surface area (Å²) in [5.74, 6) is 0.710. The molecule has 0 aliphatic rings. The maximum absolute atomic E-state index is 11.5. The Morgan fingerprint density at radius 1 is 1.12 bits per heavy atom. The molecule has 5 heteroatoms. The molecule has 0 bridgehead atoms. The summed E-state index contributed by atoms with van der Waals surface area (Å²) in [4.78, 5) is 35.2. The predicted molar refractivity (Wildman–Crippen MR) is 69.9 cm³/mol. The topological polar surface area (TPSA) is 54.5 Å². The van der Waals surface area contributed by atoms with Crippen molar-refractivity contribution in [1.29, 1.82) is 0 Å². The molecule has 0 unspecified atom stereocenters. The average Bonchev–Trinajstić information content (AvgIpc) is 2.21. The van der Waals surface area contributed by atoms with Crippen LogP contribution in [0.2, 0.25) is 0 Å². The van der Waals surface area contributed by atoms with E-state index in [0.717, 1.165) is 0 Å². The Morgan fingerprint density at radius 3 is 2.12 bits per heavy atom. The van der Waals surface area contributed by atoms with Gasteiger partial charge < -0.3 is 4.90 Å². The van der Waals surface area contributed by atoms with Crippen molar-refractivity contribution in [1.82, 2.24) is 4.90 Å². The molecule has 17 heavy (non-hydrogen) atoms. The predicted octanol–water partition coefficient (Wildman–Crippen LogP) is 1.73. The number of carbonyl (C=O) groups is 3. The van der Waals surface area contributed by atoms with Crippen LogP contribution in [-0.2, 0) is 14.4 Å². The maximum atomic E-state index is 11.5. The van der Waals surface area contributed by atoms with E-state index in [-0.39, 0.29) is 22.7 Å². The summed E-state index contributed by atoms with van der Waals surface area (Å²) in [7, 11) is 0. The first-order chi connectivity index (χ1) is 7.84.